The molecule has 2 N–H and O–H groups in total. The zero-order valence-corrected chi connectivity index (χ0v) is 12.8. The Morgan fingerprint density at radius 1 is 1.19 bits per heavy atom. The van der Waals surface area contributed by atoms with Gasteiger partial charge in [0, 0.05) is 15.7 Å². The van der Waals surface area contributed by atoms with E-state index in [2.05, 4.69) is 26.1 Å². The standard InChI is InChI=1S/C15H12BrN3O2/c1-20-11-5-6-13(17)12(8-11)15-18-14(19-21-15)9-3-2-4-10(16)7-9/h2-8H,17H2,1H3. The molecule has 0 fully saturated rings. The number of nitrogens with two attached hydrogens (primary N) is 1. The highest BCUT2D eigenvalue weighted by molar-refractivity contribution is 9.10. The Labute approximate surface area is 129 Å². The Kier molecular flexibility index (Phi) is 3.62. The van der Waals surface area contributed by atoms with Crippen molar-refractivity contribution in [1.29, 1.82) is 0 Å². The lowest BCUT2D eigenvalue weighted by Gasteiger charge is -2.03. The third-order valence-electron chi connectivity index (χ3n) is 3.00. The number of methoxy groups -OCH3 is 1. The first-order valence-corrected chi connectivity index (χ1v) is 7.00. The van der Waals surface area contributed by atoms with Crippen LogP contribution in [0, 0.1) is 0 Å². The van der Waals surface area contributed by atoms with Crippen molar-refractivity contribution in [3.05, 3.63) is 46.9 Å². The highest BCUT2D eigenvalue weighted by Crippen LogP contribution is 2.30. The second-order valence-electron chi connectivity index (χ2n) is 4.39. The lowest BCUT2D eigenvalue weighted by molar-refractivity contribution is 0.413. The first-order valence-electron chi connectivity index (χ1n) is 6.21. The summed E-state index contributed by atoms with van der Waals surface area (Å²) in [6.07, 6.45) is 0. The number of rotatable bonds is 3. The number of nitrogens with zero attached hydrogens (tertiary/aromatic N) is 2. The van der Waals surface area contributed by atoms with E-state index >= 15 is 0 Å². The second-order valence-corrected chi connectivity index (χ2v) is 5.30. The first kappa shape index (κ1) is 13.6. The fourth-order valence-corrected chi connectivity index (χ4v) is 2.32. The molecule has 0 spiro atoms. The molecule has 1 aromatic heterocycles. The summed E-state index contributed by atoms with van der Waals surface area (Å²) in [4.78, 5) is 4.39. The van der Waals surface area contributed by atoms with Gasteiger partial charge in [-0.1, -0.05) is 33.2 Å². The molecular weight excluding hydrogens is 334 g/mol. The first-order chi connectivity index (χ1) is 10.2. The van der Waals surface area contributed by atoms with Crippen molar-refractivity contribution in [3.63, 3.8) is 0 Å². The van der Waals surface area contributed by atoms with E-state index in [0.29, 0.717) is 28.7 Å². The third kappa shape index (κ3) is 2.75. The fraction of sp³-hybridized carbons (Fsp3) is 0.0667. The molecule has 0 saturated heterocycles. The molecule has 0 atom stereocenters. The molecule has 2 aromatic carbocycles. The highest BCUT2D eigenvalue weighted by atomic mass is 79.9. The number of benzene rings is 2. The summed E-state index contributed by atoms with van der Waals surface area (Å²) in [5.41, 5.74) is 8.03. The summed E-state index contributed by atoms with van der Waals surface area (Å²) in [5.74, 6) is 1.55. The molecule has 5 nitrogen and oxygen atoms in total. The molecular formula is C15H12BrN3O2. The van der Waals surface area contributed by atoms with E-state index in [1.54, 1.807) is 25.3 Å². The smallest absolute Gasteiger partial charge is 0.260 e. The minimum absolute atomic E-state index is 0.362. The van der Waals surface area contributed by atoms with Crippen molar-refractivity contribution in [3.8, 4) is 28.6 Å². The largest absolute Gasteiger partial charge is 0.497 e. The summed E-state index contributed by atoms with van der Waals surface area (Å²) in [6.45, 7) is 0. The monoisotopic (exact) mass is 345 g/mol. The van der Waals surface area contributed by atoms with Crippen LogP contribution in [0.1, 0.15) is 0 Å². The topological polar surface area (TPSA) is 74.2 Å². The van der Waals surface area contributed by atoms with E-state index in [1.165, 1.54) is 0 Å². The summed E-state index contributed by atoms with van der Waals surface area (Å²) in [6, 6.07) is 13.0. The Morgan fingerprint density at radius 2 is 2.05 bits per heavy atom. The maximum Gasteiger partial charge on any atom is 0.260 e. The van der Waals surface area contributed by atoms with Crippen molar-refractivity contribution >= 4 is 21.6 Å². The van der Waals surface area contributed by atoms with Gasteiger partial charge in [-0.2, -0.15) is 4.98 Å². The normalized spacial score (nSPS) is 10.6. The van der Waals surface area contributed by atoms with Gasteiger partial charge in [-0.3, -0.25) is 0 Å². The van der Waals surface area contributed by atoms with Crippen LogP contribution in [0.2, 0.25) is 0 Å². The lowest BCUT2D eigenvalue weighted by atomic mass is 10.1. The van der Waals surface area contributed by atoms with Crippen molar-refractivity contribution in [2.75, 3.05) is 12.8 Å². The summed E-state index contributed by atoms with van der Waals surface area (Å²) < 4.78 is 11.5. The molecule has 0 saturated carbocycles. The lowest BCUT2D eigenvalue weighted by Crippen LogP contribution is -1.92. The average molecular weight is 346 g/mol. The van der Waals surface area contributed by atoms with Gasteiger partial charge in [0.2, 0.25) is 5.82 Å². The predicted molar refractivity (Wildman–Crippen MR) is 83.8 cm³/mol. The van der Waals surface area contributed by atoms with E-state index < -0.39 is 0 Å². The van der Waals surface area contributed by atoms with E-state index in [4.69, 9.17) is 15.0 Å². The zero-order valence-electron chi connectivity index (χ0n) is 11.2. The average Bonchev–Trinajstić information content (AvgIpc) is 2.97. The van der Waals surface area contributed by atoms with Crippen LogP contribution in [0.15, 0.2) is 51.5 Å². The van der Waals surface area contributed by atoms with Gasteiger partial charge in [-0.15, -0.1) is 0 Å². The number of ether oxygens (including phenoxy) is 1. The number of aromatic nitrogens is 2. The molecule has 0 aliphatic carbocycles. The maximum absolute atomic E-state index is 5.96. The van der Waals surface area contributed by atoms with Crippen LogP contribution in [0.25, 0.3) is 22.8 Å². The Hall–Kier alpha value is -2.34. The molecule has 1 heterocycles. The van der Waals surface area contributed by atoms with E-state index in [0.717, 1.165) is 10.0 Å². The fourth-order valence-electron chi connectivity index (χ4n) is 1.93. The molecule has 0 unspecified atom stereocenters. The van der Waals surface area contributed by atoms with Crippen LogP contribution in [0.4, 0.5) is 5.69 Å². The maximum atomic E-state index is 5.96. The van der Waals surface area contributed by atoms with E-state index in [1.807, 2.05) is 24.3 Å². The van der Waals surface area contributed by atoms with Crippen LogP contribution in [0.5, 0.6) is 5.75 Å². The van der Waals surface area contributed by atoms with Crippen LogP contribution < -0.4 is 10.5 Å². The summed E-state index contributed by atoms with van der Waals surface area (Å²) in [7, 11) is 1.59. The Balaban J connectivity index is 2.02. The van der Waals surface area contributed by atoms with Crippen LogP contribution >= 0.6 is 15.9 Å². The van der Waals surface area contributed by atoms with Crippen LogP contribution in [-0.2, 0) is 0 Å². The number of hydrogen-bond acceptors (Lipinski definition) is 5. The summed E-state index contributed by atoms with van der Waals surface area (Å²) in [5, 5.41) is 4.00. The SMILES string of the molecule is COc1ccc(N)c(-c2nc(-c3cccc(Br)c3)no2)c1. The molecule has 0 radical (unpaired) electrons. The van der Waals surface area contributed by atoms with Gasteiger partial charge in [0.25, 0.3) is 5.89 Å². The van der Waals surface area contributed by atoms with Crippen molar-refractivity contribution < 1.29 is 9.26 Å². The Bertz CT molecular complexity index is 786. The third-order valence-corrected chi connectivity index (χ3v) is 3.49. The molecule has 0 bridgehead atoms. The number of nitrogen functional groups attached to an aromatic ring is 1. The molecule has 6 heteroatoms. The molecule has 0 aliphatic rings. The van der Waals surface area contributed by atoms with Gasteiger partial charge in [0.1, 0.15) is 5.75 Å². The van der Waals surface area contributed by atoms with Gasteiger partial charge < -0.3 is 15.0 Å². The highest BCUT2D eigenvalue weighted by Gasteiger charge is 2.14. The Morgan fingerprint density at radius 3 is 2.81 bits per heavy atom. The number of anilines is 1. The van der Waals surface area contributed by atoms with Crippen LogP contribution in [-0.4, -0.2) is 17.3 Å². The van der Waals surface area contributed by atoms with Crippen LogP contribution in [0.3, 0.4) is 0 Å². The molecule has 3 rings (SSSR count). The predicted octanol–water partition coefficient (Wildman–Crippen LogP) is 3.76. The van der Waals surface area contributed by atoms with Crippen molar-refractivity contribution in [1.82, 2.24) is 10.1 Å². The van der Waals surface area contributed by atoms with Gasteiger partial charge in [-0.05, 0) is 30.3 Å². The molecule has 106 valence electrons. The van der Waals surface area contributed by atoms with Gasteiger partial charge in [0.05, 0.1) is 12.7 Å². The van der Waals surface area contributed by atoms with Crippen molar-refractivity contribution in [2.24, 2.45) is 0 Å². The van der Waals surface area contributed by atoms with Gasteiger partial charge >= 0.3 is 0 Å². The molecule has 0 aliphatic heterocycles. The van der Waals surface area contributed by atoms with E-state index in [9.17, 15) is 0 Å². The minimum Gasteiger partial charge on any atom is -0.497 e. The number of hydrogen-bond donors (Lipinski definition) is 1. The van der Waals surface area contributed by atoms with E-state index in [-0.39, 0.29) is 0 Å². The van der Waals surface area contributed by atoms with Gasteiger partial charge in [-0.25, -0.2) is 0 Å². The molecule has 0 amide bonds. The molecule has 21 heavy (non-hydrogen) atoms. The minimum atomic E-state index is 0.362. The number of halogens is 1. The van der Waals surface area contributed by atoms with Gasteiger partial charge in [0.15, 0.2) is 0 Å². The molecule has 3 aromatic rings. The quantitative estimate of drug-likeness (QED) is 0.731. The van der Waals surface area contributed by atoms with Crippen molar-refractivity contribution in [2.45, 2.75) is 0 Å². The zero-order chi connectivity index (χ0) is 14.8. The second kappa shape index (κ2) is 5.57. The summed E-state index contributed by atoms with van der Waals surface area (Å²) >= 11 is 3.42.